The fraction of sp³-hybridized carbons (Fsp3) is 0. The summed E-state index contributed by atoms with van der Waals surface area (Å²) in [6.07, 6.45) is 0. The number of nitrogens with zero attached hydrogens (tertiary/aromatic N) is 1. The van der Waals surface area contributed by atoms with E-state index in [-0.39, 0.29) is 0 Å². The number of para-hydroxylation sites is 3. The van der Waals surface area contributed by atoms with Gasteiger partial charge in [0.25, 0.3) is 0 Å². The van der Waals surface area contributed by atoms with Crippen LogP contribution in [0.1, 0.15) is 0 Å². The van der Waals surface area contributed by atoms with Gasteiger partial charge in [-0.15, -0.1) is 0 Å². The molecule has 8 aromatic carbocycles. The predicted octanol–water partition coefficient (Wildman–Crippen LogP) is 13.4. The Balaban J connectivity index is 1.22. The Labute approximate surface area is 282 Å². The van der Waals surface area contributed by atoms with Gasteiger partial charge >= 0.3 is 0 Å². The molecule has 0 aliphatic carbocycles. The number of hydrogen-bond acceptors (Lipinski definition) is 3. The second-order valence-corrected chi connectivity index (χ2v) is 12.5. The van der Waals surface area contributed by atoms with Crippen LogP contribution in [0, 0.1) is 0 Å². The summed E-state index contributed by atoms with van der Waals surface area (Å²) in [6, 6.07) is 62.1. The lowest BCUT2D eigenvalue weighted by molar-refractivity contribution is 0.668. The molecule has 0 aliphatic rings. The van der Waals surface area contributed by atoms with Crippen LogP contribution in [-0.2, 0) is 0 Å². The van der Waals surface area contributed by atoms with E-state index in [1.807, 2.05) is 24.3 Å². The van der Waals surface area contributed by atoms with Gasteiger partial charge in [-0.25, -0.2) is 0 Å². The van der Waals surface area contributed by atoms with E-state index in [0.717, 1.165) is 77.6 Å². The zero-order chi connectivity index (χ0) is 32.3. The molecular weight excluding hydrogens is 599 g/mol. The van der Waals surface area contributed by atoms with Gasteiger partial charge in [0.15, 0.2) is 0 Å². The van der Waals surface area contributed by atoms with E-state index >= 15 is 0 Å². The van der Waals surface area contributed by atoms with Gasteiger partial charge in [0.1, 0.15) is 22.3 Å². The van der Waals surface area contributed by atoms with Gasteiger partial charge < -0.3 is 13.7 Å². The number of rotatable bonds is 5. The number of anilines is 3. The molecule has 3 heteroatoms. The van der Waals surface area contributed by atoms with E-state index in [0.29, 0.717) is 0 Å². The van der Waals surface area contributed by atoms with E-state index in [4.69, 9.17) is 8.83 Å². The van der Waals surface area contributed by atoms with Gasteiger partial charge in [-0.2, -0.15) is 0 Å². The van der Waals surface area contributed by atoms with Crippen LogP contribution in [0.3, 0.4) is 0 Å². The van der Waals surface area contributed by atoms with Crippen LogP contribution in [0.25, 0.3) is 76.9 Å². The molecule has 0 atom stereocenters. The quantitative estimate of drug-likeness (QED) is 0.190. The largest absolute Gasteiger partial charge is 0.456 e. The fourth-order valence-electron chi connectivity index (χ4n) is 7.44. The molecule has 0 aliphatic heterocycles. The van der Waals surface area contributed by atoms with Crippen molar-refractivity contribution < 1.29 is 8.83 Å². The number of furan rings is 2. The Morgan fingerprint density at radius 3 is 1.86 bits per heavy atom. The summed E-state index contributed by atoms with van der Waals surface area (Å²) in [4.78, 5) is 2.39. The van der Waals surface area contributed by atoms with Crippen molar-refractivity contribution in [2.75, 3.05) is 4.90 Å². The van der Waals surface area contributed by atoms with E-state index < -0.39 is 0 Å². The van der Waals surface area contributed by atoms with E-state index in [9.17, 15) is 0 Å². The van der Waals surface area contributed by atoms with Crippen LogP contribution in [0.4, 0.5) is 17.1 Å². The molecule has 230 valence electrons. The molecular formula is C46H29NO2. The highest BCUT2D eigenvalue weighted by Crippen LogP contribution is 2.47. The summed E-state index contributed by atoms with van der Waals surface area (Å²) in [7, 11) is 0. The van der Waals surface area contributed by atoms with Crippen LogP contribution >= 0.6 is 0 Å². The monoisotopic (exact) mass is 627 g/mol. The van der Waals surface area contributed by atoms with E-state index in [1.54, 1.807) is 0 Å². The van der Waals surface area contributed by atoms with Crippen LogP contribution < -0.4 is 4.90 Å². The van der Waals surface area contributed by atoms with Crippen molar-refractivity contribution in [3.63, 3.8) is 0 Å². The molecule has 2 heterocycles. The SMILES string of the molecule is c1cc(-c2ccc3c(c2)oc2ccccc23)cc(N(c2ccccc2-c2cccc3ccccc23)c2cccc3oc4ccccc4c23)c1. The maximum absolute atomic E-state index is 6.41. The highest BCUT2D eigenvalue weighted by atomic mass is 16.3. The first kappa shape index (κ1) is 27.5. The third-order valence-electron chi connectivity index (χ3n) is 9.66. The lowest BCUT2D eigenvalue weighted by Gasteiger charge is -2.29. The average molecular weight is 628 g/mol. The summed E-state index contributed by atoms with van der Waals surface area (Å²) in [5.41, 5.74) is 11.3. The topological polar surface area (TPSA) is 29.5 Å². The predicted molar refractivity (Wildman–Crippen MR) is 204 cm³/mol. The van der Waals surface area contributed by atoms with Gasteiger partial charge in [0, 0.05) is 27.4 Å². The minimum absolute atomic E-state index is 0.859. The second kappa shape index (κ2) is 11.0. The molecule has 0 spiro atoms. The zero-order valence-electron chi connectivity index (χ0n) is 26.5. The Morgan fingerprint density at radius 2 is 0.939 bits per heavy atom. The summed E-state index contributed by atoms with van der Waals surface area (Å²) < 4.78 is 12.7. The highest BCUT2D eigenvalue weighted by molar-refractivity contribution is 6.14. The lowest BCUT2D eigenvalue weighted by Crippen LogP contribution is -2.11. The normalized spacial score (nSPS) is 11.7. The third-order valence-corrected chi connectivity index (χ3v) is 9.66. The first-order valence-corrected chi connectivity index (χ1v) is 16.6. The van der Waals surface area contributed by atoms with Crippen molar-refractivity contribution in [2.24, 2.45) is 0 Å². The molecule has 0 radical (unpaired) electrons. The van der Waals surface area contributed by atoms with Crippen molar-refractivity contribution in [1.82, 2.24) is 0 Å². The lowest BCUT2D eigenvalue weighted by atomic mass is 9.95. The highest BCUT2D eigenvalue weighted by Gasteiger charge is 2.23. The van der Waals surface area contributed by atoms with Crippen LogP contribution in [0.5, 0.6) is 0 Å². The van der Waals surface area contributed by atoms with Gasteiger partial charge in [0.2, 0.25) is 0 Å². The molecule has 0 unspecified atom stereocenters. The molecule has 0 fully saturated rings. The first-order valence-electron chi connectivity index (χ1n) is 16.6. The van der Waals surface area contributed by atoms with Crippen LogP contribution in [0.15, 0.2) is 185 Å². The number of fused-ring (bicyclic) bond motifs is 7. The second-order valence-electron chi connectivity index (χ2n) is 12.5. The molecule has 2 aromatic heterocycles. The Hall–Kier alpha value is -6.58. The van der Waals surface area contributed by atoms with Crippen molar-refractivity contribution >= 4 is 71.7 Å². The fourth-order valence-corrected chi connectivity index (χ4v) is 7.44. The summed E-state index contributed by atoms with van der Waals surface area (Å²) in [6.45, 7) is 0. The molecule has 49 heavy (non-hydrogen) atoms. The van der Waals surface area contributed by atoms with Gasteiger partial charge in [0.05, 0.1) is 16.8 Å². The minimum Gasteiger partial charge on any atom is -0.456 e. The maximum Gasteiger partial charge on any atom is 0.137 e. The van der Waals surface area contributed by atoms with Gasteiger partial charge in [-0.05, 0) is 82.1 Å². The van der Waals surface area contributed by atoms with E-state index in [1.165, 1.54) is 16.3 Å². The molecule has 10 aromatic rings. The van der Waals surface area contributed by atoms with Crippen LogP contribution in [0.2, 0.25) is 0 Å². The van der Waals surface area contributed by atoms with Crippen molar-refractivity contribution in [2.45, 2.75) is 0 Å². The molecule has 0 N–H and O–H groups in total. The summed E-state index contributed by atoms with van der Waals surface area (Å²) in [5, 5.41) is 6.87. The molecule has 3 nitrogen and oxygen atoms in total. The molecule has 10 rings (SSSR count). The minimum atomic E-state index is 0.859. The van der Waals surface area contributed by atoms with Crippen molar-refractivity contribution in [3.05, 3.63) is 176 Å². The smallest absolute Gasteiger partial charge is 0.137 e. The van der Waals surface area contributed by atoms with Crippen LogP contribution in [-0.4, -0.2) is 0 Å². The summed E-state index contributed by atoms with van der Waals surface area (Å²) in [5.74, 6) is 0. The summed E-state index contributed by atoms with van der Waals surface area (Å²) >= 11 is 0. The molecule has 0 bridgehead atoms. The number of benzene rings is 8. The van der Waals surface area contributed by atoms with Gasteiger partial charge in [-0.1, -0.05) is 121 Å². The Kier molecular flexibility index (Phi) is 6.18. The Bertz CT molecular complexity index is 2850. The zero-order valence-corrected chi connectivity index (χ0v) is 26.5. The molecule has 0 saturated carbocycles. The third kappa shape index (κ3) is 4.44. The first-order chi connectivity index (χ1) is 24.3. The maximum atomic E-state index is 6.41. The van der Waals surface area contributed by atoms with Crippen molar-refractivity contribution in [3.8, 4) is 22.3 Å². The number of hydrogen-bond donors (Lipinski definition) is 0. The van der Waals surface area contributed by atoms with Gasteiger partial charge in [-0.3, -0.25) is 0 Å². The standard InChI is InChI=1S/C46H29NO2/c1-2-16-34-30(12-1)13-10-20-35(34)36-17-3-6-21-40(36)47(41-22-11-25-44-46(41)39-19-5-8-24-43(39)48-44)33-15-9-14-31(28-33)32-26-27-38-37-18-4-7-23-42(37)49-45(38)29-32/h1-29H. The molecule has 0 amide bonds. The van der Waals surface area contributed by atoms with Crippen molar-refractivity contribution in [1.29, 1.82) is 0 Å². The van der Waals surface area contributed by atoms with E-state index in [2.05, 4.69) is 157 Å². The molecule has 0 saturated heterocycles. The average Bonchev–Trinajstić information content (AvgIpc) is 3.74. The Morgan fingerprint density at radius 1 is 0.347 bits per heavy atom.